The van der Waals surface area contributed by atoms with E-state index in [4.69, 9.17) is 4.74 Å². The van der Waals surface area contributed by atoms with Crippen LogP contribution in [0.1, 0.15) is 15.9 Å². The van der Waals surface area contributed by atoms with Gasteiger partial charge in [-0.05, 0) is 28.5 Å². The van der Waals surface area contributed by atoms with Crippen molar-refractivity contribution < 1.29 is 14.6 Å². The van der Waals surface area contributed by atoms with E-state index < -0.39 is 5.97 Å². The fourth-order valence-electron chi connectivity index (χ4n) is 2.24. The summed E-state index contributed by atoms with van der Waals surface area (Å²) in [6.07, 6.45) is 0. The Kier molecular flexibility index (Phi) is 3.56. The van der Waals surface area contributed by atoms with Crippen molar-refractivity contribution in [2.75, 3.05) is 0 Å². The van der Waals surface area contributed by atoms with Gasteiger partial charge in [-0.25, -0.2) is 4.79 Å². The lowest BCUT2D eigenvalue weighted by atomic mass is 10.1. The van der Waals surface area contributed by atoms with Crippen LogP contribution in [-0.2, 0) is 6.61 Å². The zero-order chi connectivity index (χ0) is 14.7. The normalized spacial score (nSPS) is 10.5. The van der Waals surface area contributed by atoms with E-state index in [0.29, 0.717) is 12.4 Å². The van der Waals surface area contributed by atoms with Crippen molar-refractivity contribution >= 4 is 16.7 Å². The van der Waals surface area contributed by atoms with Crippen molar-refractivity contribution in [3.63, 3.8) is 0 Å². The quantitative estimate of drug-likeness (QED) is 0.781. The maximum Gasteiger partial charge on any atom is 0.339 e. The molecule has 3 aromatic rings. The summed E-state index contributed by atoms with van der Waals surface area (Å²) < 4.78 is 5.71. The van der Waals surface area contributed by atoms with Crippen LogP contribution in [0.25, 0.3) is 10.8 Å². The Balaban J connectivity index is 1.96. The number of hydrogen-bond donors (Lipinski definition) is 1. The molecule has 0 aliphatic rings. The van der Waals surface area contributed by atoms with Gasteiger partial charge in [0, 0.05) is 0 Å². The van der Waals surface area contributed by atoms with Crippen LogP contribution in [0.3, 0.4) is 0 Å². The third-order valence-electron chi connectivity index (χ3n) is 3.32. The SMILES string of the molecule is O=C(O)c1cc2ccccc2cc1OCc1ccccc1. The van der Waals surface area contributed by atoms with Crippen LogP contribution in [-0.4, -0.2) is 11.1 Å². The zero-order valence-electron chi connectivity index (χ0n) is 11.3. The minimum Gasteiger partial charge on any atom is -0.488 e. The minimum atomic E-state index is -0.983. The lowest BCUT2D eigenvalue weighted by Crippen LogP contribution is -2.03. The minimum absolute atomic E-state index is 0.185. The van der Waals surface area contributed by atoms with Gasteiger partial charge in [-0.2, -0.15) is 0 Å². The molecule has 0 atom stereocenters. The number of hydrogen-bond acceptors (Lipinski definition) is 2. The van der Waals surface area contributed by atoms with Gasteiger partial charge in [-0.1, -0.05) is 54.6 Å². The molecule has 0 saturated heterocycles. The number of ether oxygens (including phenoxy) is 1. The smallest absolute Gasteiger partial charge is 0.339 e. The first-order chi connectivity index (χ1) is 10.2. The third kappa shape index (κ3) is 2.87. The second-order valence-electron chi connectivity index (χ2n) is 4.77. The number of aromatic carboxylic acids is 1. The van der Waals surface area contributed by atoms with Crippen molar-refractivity contribution in [1.82, 2.24) is 0 Å². The predicted molar refractivity (Wildman–Crippen MR) is 81.7 cm³/mol. The molecule has 3 heteroatoms. The summed E-state index contributed by atoms with van der Waals surface area (Å²) in [4.78, 5) is 11.4. The molecular formula is C18H14O3. The molecule has 0 amide bonds. The highest BCUT2D eigenvalue weighted by molar-refractivity contribution is 5.97. The van der Waals surface area contributed by atoms with Gasteiger partial charge in [-0.3, -0.25) is 0 Å². The number of carbonyl (C=O) groups is 1. The molecule has 0 spiro atoms. The number of rotatable bonds is 4. The van der Waals surface area contributed by atoms with Crippen LogP contribution in [0.15, 0.2) is 66.7 Å². The van der Waals surface area contributed by atoms with Gasteiger partial charge in [-0.15, -0.1) is 0 Å². The van der Waals surface area contributed by atoms with Gasteiger partial charge in [0.15, 0.2) is 0 Å². The van der Waals surface area contributed by atoms with Gasteiger partial charge >= 0.3 is 5.97 Å². The number of carboxylic acid groups (broad SMARTS) is 1. The first kappa shape index (κ1) is 13.2. The Morgan fingerprint density at radius 1 is 0.905 bits per heavy atom. The standard InChI is InChI=1S/C18H14O3/c19-18(20)16-10-14-8-4-5-9-15(14)11-17(16)21-12-13-6-2-1-3-7-13/h1-11H,12H2,(H,19,20). The Hall–Kier alpha value is -2.81. The van der Waals surface area contributed by atoms with Gasteiger partial charge < -0.3 is 9.84 Å². The molecule has 0 radical (unpaired) electrons. The Labute approximate surface area is 122 Å². The molecule has 0 bridgehead atoms. The van der Waals surface area contributed by atoms with E-state index in [0.717, 1.165) is 16.3 Å². The molecule has 3 nitrogen and oxygen atoms in total. The maximum absolute atomic E-state index is 11.4. The van der Waals surface area contributed by atoms with E-state index in [2.05, 4.69) is 0 Å². The number of benzene rings is 3. The predicted octanol–water partition coefficient (Wildman–Crippen LogP) is 4.12. The number of fused-ring (bicyclic) bond motifs is 1. The summed E-state index contributed by atoms with van der Waals surface area (Å²) in [5.41, 5.74) is 1.19. The van der Waals surface area contributed by atoms with Gasteiger partial charge in [0.25, 0.3) is 0 Å². The molecular weight excluding hydrogens is 264 g/mol. The van der Waals surface area contributed by atoms with Crippen LogP contribution in [0.2, 0.25) is 0 Å². The second-order valence-corrected chi connectivity index (χ2v) is 4.77. The third-order valence-corrected chi connectivity index (χ3v) is 3.32. The van der Waals surface area contributed by atoms with E-state index in [-0.39, 0.29) is 5.56 Å². The van der Waals surface area contributed by atoms with E-state index in [1.807, 2.05) is 54.6 Å². The lowest BCUT2D eigenvalue weighted by Gasteiger charge is -2.11. The van der Waals surface area contributed by atoms with Gasteiger partial charge in [0.05, 0.1) is 0 Å². The Bertz CT molecular complexity index is 779. The summed E-state index contributed by atoms with van der Waals surface area (Å²) in [6.45, 7) is 0.347. The average molecular weight is 278 g/mol. The highest BCUT2D eigenvalue weighted by Crippen LogP contribution is 2.27. The Morgan fingerprint density at radius 2 is 1.52 bits per heavy atom. The van der Waals surface area contributed by atoms with E-state index in [9.17, 15) is 9.90 Å². The van der Waals surface area contributed by atoms with E-state index in [1.165, 1.54) is 0 Å². The largest absolute Gasteiger partial charge is 0.488 e. The van der Waals surface area contributed by atoms with Crippen LogP contribution in [0.5, 0.6) is 5.75 Å². The van der Waals surface area contributed by atoms with Crippen LogP contribution < -0.4 is 4.74 Å². The molecule has 0 unspecified atom stereocenters. The molecule has 1 N–H and O–H groups in total. The molecule has 0 aromatic heterocycles. The highest BCUT2D eigenvalue weighted by Gasteiger charge is 2.13. The molecule has 0 aliphatic carbocycles. The van der Waals surface area contributed by atoms with Crippen molar-refractivity contribution in [3.8, 4) is 5.75 Å². The molecule has 0 heterocycles. The van der Waals surface area contributed by atoms with Crippen molar-refractivity contribution in [1.29, 1.82) is 0 Å². The molecule has 0 fully saturated rings. The monoisotopic (exact) mass is 278 g/mol. The first-order valence-corrected chi connectivity index (χ1v) is 6.67. The summed E-state index contributed by atoms with van der Waals surface area (Å²) >= 11 is 0. The highest BCUT2D eigenvalue weighted by atomic mass is 16.5. The molecule has 0 aliphatic heterocycles. The maximum atomic E-state index is 11.4. The first-order valence-electron chi connectivity index (χ1n) is 6.67. The lowest BCUT2D eigenvalue weighted by molar-refractivity contribution is 0.0692. The molecule has 21 heavy (non-hydrogen) atoms. The molecule has 0 saturated carbocycles. The summed E-state index contributed by atoms with van der Waals surface area (Å²) in [7, 11) is 0. The average Bonchev–Trinajstić information content (AvgIpc) is 2.53. The van der Waals surface area contributed by atoms with Crippen molar-refractivity contribution in [3.05, 3.63) is 77.9 Å². The fourth-order valence-corrected chi connectivity index (χ4v) is 2.24. The number of carboxylic acids is 1. The summed E-state index contributed by atoms with van der Waals surface area (Å²) in [5.74, 6) is -0.589. The van der Waals surface area contributed by atoms with Crippen LogP contribution in [0, 0.1) is 0 Å². The summed E-state index contributed by atoms with van der Waals surface area (Å²) in [6, 6.07) is 20.8. The fraction of sp³-hybridized carbons (Fsp3) is 0.0556. The second kappa shape index (κ2) is 5.67. The molecule has 104 valence electrons. The summed E-state index contributed by atoms with van der Waals surface area (Å²) in [5, 5.41) is 11.2. The van der Waals surface area contributed by atoms with E-state index in [1.54, 1.807) is 12.1 Å². The van der Waals surface area contributed by atoms with Crippen LogP contribution >= 0.6 is 0 Å². The van der Waals surface area contributed by atoms with Crippen LogP contribution in [0.4, 0.5) is 0 Å². The van der Waals surface area contributed by atoms with E-state index >= 15 is 0 Å². The topological polar surface area (TPSA) is 46.5 Å². The zero-order valence-corrected chi connectivity index (χ0v) is 11.3. The Morgan fingerprint density at radius 3 is 2.19 bits per heavy atom. The van der Waals surface area contributed by atoms with Gasteiger partial charge in [0.1, 0.15) is 17.9 Å². The van der Waals surface area contributed by atoms with Crippen molar-refractivity contribution in [2.24, 2.45) is 0 Å². The molecule has 3 rings (SSSR count). The van der Waals surface area contributed by atoms with Gasteiger partial charge in [0.2, 0.25) is 0 Å². The van der Waals surface area contributed by atoms with Crippen molar-refractivity contribution in [2.45, 2.75) is 6.61 Å². The molecule has 3 aromatic carbocycles.